The molecule has 0 atom stereocenters. The van der Waals surface area contributed by atoms with Crippen LogP contribution in [0.3, 0.4) is 0 Å². The molecule has 0 spiro atoms. The topological polar surface area (TPSA) is 6.48 Å². The number of anilines is 2. The Morgan fingerprint density at radius 3 is 1.14 bits per heavy atom. The number of halogens is 2. The van der Waals surface area contributed by atoms with E-state index in [1.54, 1.807) is 0 Å². The molecule has 0 radical (unpaired) electrons. The van der Waals surface area contributed by atoms with Gasteiger partial charge in [0.1, 0.15) is 0 Å². The molecule has 0 bridgehead atoms. The summed E-state index contributed by atoms with van der Waals surface area (Å²) in [7, 11) is 21.6. The number of hydrogen-bond donors (Lipinski definition) is 0. The van der Waals surface area contributed by atoms with Gasteiger partial charge in [-0.1, -0.05) is 0 Å². The molecule has 21 heavy (non-hydrogen) atoms. The van der Waals surface area contributed by atoms with E-state index in [9.17, 15) is 0 Å². The zero-order valence-electron chi connectivity index (χ0n) is 12.7. The minimum atomic E-state index is -3.26. The third kappa shape index (κ3) is 3.79. The van der Waals surface area contributed by atoms with Gasteiger partial charge in [0.2, 0.25) is 0 Å². The van der Waals surface area contributed by atoms with Crippen molar-refractivity contribution in [3.05, 3.63) is 48.5 Å². The van der Waals surface area contributed by atoms with Crippen LogP contribution in [-0.2, 0) is 0 Å². The molecule has 0 aliphatic heterocycles. The van der Waals surface area contributed by atoms with Crippen molar-refractivity contribution in [2.45, 2.75) is 0 Å². The van der Waals surface area contributed by atoms with Gasteiger partial charge in [0, 0.05) is 0 Å². The summed E-state index contributed by atoms with van der Waals surface area (Å²) in [5.41, 5.74) is 2.29. The summed E-state index contributed by atoms with van der Waals surface area (Å²) >= 11 is -3.26. The van der Waals surface area contributed by atoms with Crippen LogP contribution >= 0.6 is 17.9 Å². The second-order valence-corrected chi connectivity index (χ2v) is 17.9. The Morgan fingerprint density at radius 2 is 0.905 bits per heavy atom. The van der Waals surface area contributed by atoms with Crippen LogP contribution in [0.4, 0.5) is 11.4 Å². The molecule has 0 saturated carbocycles. The summed E-state index contributed by atoms with van der Waals surface area (Å²) < 4.78 is 2.12. The average molecular weight is 439 g/mol. The molecule has 0 fully saturated rings. The van der Waals surface area contributed by atoms with Crippen molar-refractivity contribution in [3.63, 3.8) is 0 Å². The van der Waals surface area contributed by atoms with Crippen LogP contribution < -0.4 is 17.0 Å². The van der Waals surface area contributed by atoms with Gasteiger partial charge in [-0.05, 0) is 0 Å². The Kier molecular flexibility index (Phi) is 5.33. The maximum atomic E-state index is 6.78. The van der Waals surface area contributed by atoms with Crippen LogP contribution in [0.1, 0.15) is 0 Å². The van der Waals surface area contributed by atoms with Crippen LogP contribution in [0.2, 0.25) is 0 Å². The second-order valence-electron chi connectivity index (χ2n) is 5.25. The standard InChI is InChI=1S/C16H20Cl2N2Te/c1-19(2)13-5-9-15(10-6-13)21(17,18)16-11-7-14(8-12-16)20(3)4/h5-12H,1-4H3. The van der Waals surface area contributed by atoms with Crippen LogP contribution in [0.25, 0.3) is 0 Å². The monoisotopic (exact) mass is 440 g/mol. The van der Waals surface area contributed by atoms with Crippen molar-refractivity contribution in [3.8, 4) is 0 Å². The first-order valence-electron chi connectivity index (χ1n) is 6.60. The average Bonchev–Trinajstić information content (AvgIpc) is 2.47. The van der Waals surface area contributed by atoms with Crippen LogP contribution in [-0.4, -0.2) is 44.1 Å². The molecule has 0 aliphatic rings. The van der Waals surface area contributed by atoms with Crippen molar-refractivity contribution in [2.24, 2.45) is 0 Å². The zero-order valence-corrected chi connectivity index (χ0v) is 16.5. The number of nitrogens with zero attached hydrogens (tertiary/aromatic N) is 2. The summed E-state index contributed by atoms with van der Waals surface area (Å²) in [6.45, 7) is 0. The van der Waals surface area contributed by atoms with Gasteiger partial charge in [-0.3, -0.25) is 0 Å². The summed E-state index contributed by atoms with van der Waals surface area (Å²) in [5, 5.41) is 0. The van der Waals surface area contributed by atoms with Gasteiger partial charge in [-0.2, -0.15) is 0 Å². The van der Waals surface area contributed by atoms with Gasteiger partial charge in [-0.15, -0.1) is 0 Å². The Bertz CT molecular complexity index is 539. The van der Waals surface area contributed by atoms with E-state index in [1.807, 2.05) is 28.2 Å². The van der Waals surface area contributed by atoms with E-state index in [4.69, 9.17) is 17.9 Å². The van der Waals surface area contributed by atoms with E-state index in [0.29, 0.717) is 0 Å². The Balaban J connectivity index is 2.31. The molecule has 114 valence electrons. The van der Waals surface area contributed by atoms with Gasteiger partial charge < -0.3 is 0 Å². The molecule has 0 heterocycles. The quantitative estimate of drug-likeness (QED) is 0.677. The molecule has 0 N–H and O–H groups in total. The fourth-order valence-electron chi connectivity index (χ4n) is 1.97. The number of hydrogen-bond acceptors (Lipinski definition) is 2. The Labute approximate surface area is 138 Å². The SMILES string of the molecule is CN(C)c1ccc([Te](Cl)(Cl)c2ccc(N(C)C)cc2)cc1. The molecular weight excluding hydrogens is 419 g/mol. The van der Waals surface area contributed by atoms with E-state index in [-0.39, 0.29) is 0 Å². The van der Waals surface area contributed by atoms with Gasteiger partial charge in [0.15, 0.2) is 0 Å². The maximum absolute atomic E-state index is 6.78. The predicted molar refractivity (Wildman–Crippen MR) is 98.3 cm³/mol. The zero-order chi connectivity index (χ0) is 15.6. The summed E-state index contributed by atoms with van der Waals surface area (Å²) in [5.74, 6) is 0. The molecule has 0 unspecified atom stereocenters. The molecule has 0 aromatic heterocycles. The molecule has 2 aromatic rings. The molecule has 2 nitrogen and oxygen atoms in total. The van der Waals surface area contributed by atoms with E-state index in [0.717, 1.165) is 18.6 Å². The van der Waals surface area contributed by atoms with E-state index >= 15 is 0 Å². The minimum absolute atomic E-state index is 1.06. The van der Waals surface area contributed by atoms with Gasteiger partial charge in [0.05, 0.1) is 0 Å². The van der Waals surface area contributed by atoms with Crippen molar-refractivity contribution in [1.82, 2.24) is 0 Å². The third-order valence-corrected chi connectivity index (χ3v) is 13.0. The van der Waals surface area contributed by atoms with E-state index in [2.05, 4.69) is 58.3 Å². The normalized spacial score (nSPS) is 12.1. The molecular formula is C16H20Cl2N2Te. The molecule has 5 heteroatoms. The van der Waals surface area contributed by atoms with Crippen molar-refractivity contribution in [2.75, 3.05) is 38.0 Å². The van der Waals surface area contributed by atoms with Gasteiger partial charge >= 0.3 is 139 Å². The molecule has 2 rings (SSSR count). The van der Waals surface area contributed by atoms with Crippen molar-refractivity contribution in [1.29, 1.82) is 0 Å². The summed E-state index contributed by atoms with van der Waals surface area (Å²) in [6.07, 6.45) is 0. The van der Waals surface area contributed by atoms with E-state index in [1.165, 1.54) is 0 Å². The molecule has 0 aliphatic carbocycles. The summed E-state index contributed by atoms with van der Waals surface area (Å²) in [6, 6.07) is 16.5. The van der Waals surface area contributed by atoms with Crippen LogP contribution in [0, 0.1) is 0 Å². The fraction of sp³-hybridized carbons (Fsp3) is 0.250. The van der Waals surface area contributed by atoms with Gasteiger partial charge in [-0.25, -0.2) is 0 Å². The first-order valence-corrected chi connectivity index (χ1v) is 14.8. The Morgan fingerprint density at radius 1 is 0.619 bits per heavy atom. The first kappa shape index (κ1) is 16.8. The third-order valence-electron chi connectivity index (χ3n) is 3.30. The number of benzene rings is 2. The number of rotatable bonds is 4. The van der Waals surface area contributed by atoms with Gasteiger partial charge in [0.25, 0.3) is 0 Å². The van der Waals surface area contributed by atoms with Crippen molar-refractivity contribution < 1.29 is 0 Å². The summed E-state index contributed by atoms with van der Waals surface area (Å²) in [4.78, 5) is 4.13. The van der Waals surface area contributed by atoms with Crippen LogP contribution in [0.5, 0.6) is 0 Å². The molecule has 0 saturated heterocycles. The molecule has 0 amide bonds. The predicted octanol–water partition coefficient (Wildman–Crippen LogP) is 2.85. The second kappa shape index (κ2) is 6.67. The van der Waals surface area contributed by atoms with Crippen LogP contribution in [0.15, 0.2) is 48.5 Å². The first-order chi connectivity index (χ1) is 9.82. The molecule has 2 aromatic carbocycles. The fourth-order valence-corrected chi connectivity index (χ4v) is 8.23. The van der Waals surface area contributed by atoms with E-state index < -0.39 is 15.9 Å². The van der Waals surface area contributed by atoms with Crippen molar-refractivity contribution >= 4 is 52.5 Å². The Hall–Kier alpha value is -0.590.